The lowest BCUT2D eigenvalue weighted by molar-refractivity contribution is 0.0887. The maximum Gasteiger partial charge on any atom is 0.211 e. The molecule has 0 aromatic heterocycles. The molecule has 0 radical (unpaired) electrons. The molecule has 0 bridgehead atoms. The van der Waals surface area contributed by atoms with Crippen molar-refractivity contribution in [1.29, 1.82) is 0 Å². The van der Waals surface area contributed by atoms with Crippen LogP contribution in [0.3, 0.4) is 0 Å². The average Bonchev–Trinajstić information content (AvgIpc) is 3.83. The Kier molecular flexibility index (Phi) is 40.2. The molecule has 19 heteroatoms. The van der Waals surface area contributed by atoms with Crippen molar-refractivity contribution in [3.05, 3.63) is 0 Å². The lowest BCUT2D eigenvalue weighted by atomic mass is 10.0. The third kappa shape index (κ3) is 33.4. The summed E-state index contributed by atoms with van der Waals surface area (Å²) in [5, 5.41) is 3.39. The highest BCUT2D eigenvalue weighted by molar-refractivity contribution is 7.88. The number of piperidine rings is 1. The third-order valence-electron chi connectivity index (χ3n) is 17.7. The summed E-state index contributed by atoms with van der Waals surface area (Å²) in [7, 11) is -3.76. The van der Waals surface area contributed by atoms with Gasteiger partial charge in [0.2, 0.25) is 20.0 Å². The first kappa shape index (κ1) is 78.4. The summed E-state index contributed by atoms with van der Waals surface area (Å²) in [6.45, 7) is 70.1. The summed E-state index contributed by atoms with van der Waals surface area (Å²) < 4.78 is 48.1. The van der Waals surface area contributed by atoms with Gasteiger partial charge in [0.25, 0.3) is 0 Å². The zero-order valence-corrected chi connectivity index (χ0v) is 58.9. The molecule has 2 atom stereocenters. The van der Waals surface area contributed by atoms with Gasteiger partial charge < -0.3 is 15.1 Å². The van der Waals surface area contributed by atoms with Gasteiger partial charge in [0.05, 0.1) is 12.5 Å². The van der Waals surface area contributed by atoms with Crippen LogP contribution in [-0.2, 0) is 20.0 Å². The number of nitrogens with zero attached hydrogens (tertiary/aromatic N) is 12. The molecular weight excluding hydrogens is 1050 g/mol. The highest BCUT2D eigenvalue weighted by atomic mass is 32.2. The molecule has 0 aliphatic carbocycles. The molecule has 7 saturated heterocycles. The molecule has 0 aromatic carbocycles. The second kappa shape index (κ2) is 41.5. The van der Waals surface area contributed by atoms with Gasteiger partial charge in [0.15, 0.2) is 0 Å². The summed E-state index contributed by atoms with van der Waals surface area (Å²) in [5.74, 6) is 0. The van der Waals surface area contributed by atoms with E-state index in [9.17, 15) is 16.8 Å². The fourth-order valence-corrected chi connectivity index (χ4v) is 13.5. The minimum absolute atomic E-state index is 0.318. The molecule has 0 unspecified atom stereocenters. The molecule has 1 N–H and O–H groups in total. The van der Waals surface area contributed by atoms with Crippen molar-refractivity contribution in [3.63, 3.8) is 0 Å². The Morgan fingerprint density at radius 1 is 0.370 bits per heavy atom. The van der Waals surface area contributed by atoms with Crippen molar-refractivity contribution in [2.24, 2.45) is 0 Å². The van der Waals surface area contributed by atoms with Crippen molar-refractivity contribution >= 4 is 20.0 Å². The number of piperazine rings is 4. The monoisotopic (exact) mass is 1190 g/mol. The number of hydrogen-bond donors (Lipinski definition) is 1. The fourth-order valence-electron chi connectivity index (χ4n) is 11.8. The predicted octanol–water partition coefficient (Wildman–Crippen LogP) is 6.78. The quantitative estimate of drug-likeness (QED) is 0.234. The van der Waals surface area contributed by atoms with Crippen LogP contribution in [0.2, 0.25) is 0 Å². The van der Waals surface area contributed by atoms with Gasteiger partial charge in [-0.15, -0.1) is 0 Å². The average molecular weight is 1190 g/mol. The highest BCUT2D eigenvalue weighted by Crippen LogP contribution is 2.19. The Morgan fingerprint density at radius 2 is 0.741 bits per heavy atom. The van der Waals surface area contributed by atoms with Gasteiger partial charge >= 0.3 is 0 Å². The van der Waals surface area contributed by atoms with E-state index in [1.54, 1.807) is 8.61 Å². The van der Waals surface area contributed by atoms with Crippen molar-refractivity contribution < 1.29 is 16.8 Å². The fraction of sp³-hybridized carbons (Fsp3) is 1.00. The van der Waals surface area contributed by atoms with Crippen molar-refractivity contribution in [3.8, 4) is 0 Å². The van der Waals surface area contributed by atoms with Crippen LogP contribution in [0.25, 0.3) is 0 Å². The van der Waals surface area contributed by atoms with Crippen LogP contribution in [0.15, 0.2) is 0 Å². The van der Waals surface area contributed by atoms with Gasteiger partial charge in [-0.2, -0.15) is 8.61 Å². The Morgan fingerprint density at radius 3 is 1.12 bits per heavy atom. The number of likely N-dealkylation sites (tertiary alicyclic amines) is 1. The molecular formula is C62H137N13O4S2. The lowest BCUT2D eigenvalue weighted by Gasteiger charge is -2.40. The first-order valence-electron chi connectivity index (χ1n) is 32.8. The molecule has 81 heavy (non-hydrogen) atoms. The van der Waals surface area contributed by atoms with Crippen molar-refractivity contribution in [1.82, 2.24) is 62.9 Å². The van der Waals surface area contributed by atoms with E-state index in [-0.39, 0.29) is 0 Å². The van der Waals surface area contributed by atoms with Gasteiger partial charge in [-0.3, -0.25) is 39.2 Å². The van der Waals surface area contributed by atoms with Crippen LogP contribution in [0.4, 0.5) is 0 Å². The van der Waals surface area contributed by atoms with Crippen LogP contribution < -0.4 is 5.32 Å². The van der Waals surface area contributed by atoms with Crippen LogP contribution in [0.5, 0.6) is 0 Å². The van der Waals surface area contributed by atoms with E-state index in [0.717, 1.165) is 68.5 Å². The Hall–Kier alpha value is -0.620. The van der Waals surface area contributed by atoms with Crippen LogP contribution >= 0.6 is 0 Å². The van der Waals surface area contributed by atoms with E-state index >= 15 is 0 Å². The third-order valence-corrected chi connectivity index (χ3v) is 20.3. The topological polar surface area (TPSA) is 119 Å². The van der Waals surface area contributed by atoms with Crippen molar-refractivity contribution in [2.45, 2.75) is 224 Å². The first-order valence-corrected chi connectivity index (χ1v) is 36.5. The van der Waals surface area contributed by atoms with Gasteiger partial charge in [-0.25, -0.2) is 16.8 Å². The van der Waals surface area contributed by atoms with Gasteiger partial charge in [0.1, 0.15) is 0 Å². The SMILES string of the molecule is CC(C)N1CCCC[C@@H]1C.CC(C)N1CCCN(C)CC1.CC(C)N1CCCNCC1.CC(C)N1CCN(C(C)C)CC1.CC(C)N1CCN(S(C)(=O)=O)CC1.CC(C)N1CCN(S(C)(=O)=O)C[C@H]1C.CCN1CCN(C(C)C)CC1. The Bertz CT molecular complexity index is 1750. The maximum absolute atomic E-state index is 11.3. The molecule has 7 aliphatic heterocycles. The molecule has 17 nitrogen and oxygen atoms in total. The van der Waals surface area contributed by atoms with Crippen LogP contribution in [0, 0.1) is 0 Å². The number of hydrogen-bond acceptors (Lipinski definition) is 15. The smallest absolute Gasteiger partial charge is 0.211 e. The van der Waals surface area contributed by atoms with Crippen LogP contribution in [0.1, 0.15) is 164 Å². The number of sulfonamides is 2. The summed E-state index contributed by atoms with van der Waals surface area (Å²) >= 11 is 0. The van der Waals surface area contributed by atoms with E-state index in [1.807, 2.05) is 0 Å². The van der Waals surface area contributed by atoms with E-state index in [2.05, 4.69) is 193 Å². The summed E-state index contributed by atoms with van der Waals surface area (Å²) in [4.78, 5) is 24.9. The van der Waals surface area contributed by atoms with Gasteiger partial charge in [0, 0.05) is 185 Å². The largest absolute Gasteiger partial charge is 0.315 e. The zero-order valence-electron chi connectivity index (χ0n) is 57.3. The normalized spacial score (nSPS) is 24.5. The van der Waals surface area contributed by atoms with Crippen molar-refractivity contribution in [2.75, 3.05) is 183 Å². The van der Waals surface area contributed by atoms with Crippen LogP contribution in [-0.4, -0.2) is 318 Å². The number of likely N-dealkylation sites (N-methyl/N-ethyl adjacent to an activating group) is 2. The Balaban J connectivity index is 0.000000474. The molecule has 7 fully saturated rings. The molecule has 7 rings (SSSR count). The molecule has 0 spiro atoms. The van der Waals surface area contributed by atoms with E-state index in [1.165, 1.54) is 156 Å². The standard InChI is InChI=1S/C10H22N2.C9H20N2O2S.2C9H20N2.C9H19N.C8H18N2O2S.C8H18N2/c1-9(2)11-5-7-12(8-6-11)10(3)4;1-8(2)11-6-5-10(7-9(11)3)14(4,12)13;1-9(2)11-6-4-5-10(3)7-8-11;1-4-10-5-7-11(8-6-10)9(2)3;1-8(2)10-7-5-4-6-9(10)3;1-8(2)9-4-6-10(7-5-9)13(3,11)12;1-8(2)10-6-3-4-9-5-7-10/h9-10H,5-8H2,1-4H3;8-9H,5-7H2,1-4H3;2*9H,4-8H2,1-3H3;8-9H,4-7H2,1-3H3;8H,4-7H2,1-3H3;8-9H,3-7H2,1-2H3/t;9-;;;9-;;/m.1..0../s1. The molecule has 0 amide bonds. The van der Waals surface area contributed by atoms with E-state index in [4.69, 9.17) is 0 Å². The van der Waals surface area contributed by atoms with E-state index in [0.29, 0.717) is 44.3 Å². The predicted molar refractivity (Wildman–Crippen MR) is 351 cm³/mol. The molecule has 486 valence electrons. The highest BCUT2D eigenvalue weighted by Gasteiger charge is 2.30. The van der Waals surface area contributed by atoms with Gasteiger partial charge in [-0.1, -0.05) is 13.3 Å². The summed E-state index contributed by atoms with van der Waals surface area (Å²) in [5.41, 5.74) is 0. The molecule has 0 aromatic rings. The second-order valence-corrected chi connectivity index (χ2v) is 30.6. The first-order chi connectivity index (χ1) is 37.8. The molecule has 7 heterocycles. The van der Waals surface area contributed by atoms with Gasteiger partial charge in [-0.05, 0) is 197 Å². The molecule has 7 aliphatic rings. The minimum atomic E-state index is -3.00. The summed E-state index contributed by atoms with van der Waals surface area (Å²) in [6, 6.07) is 6.52. The number of rotatable bonds is 11. The second-order valence-electron chi connectivity index (χ2n) is 26.6. The Labute approximate surface area is 504 Å². The minimum Gasteiger partial charge on any atom is -0.315 e. The van der Waals surface area contributed by atoms with E-state index < -0.39 is 20.0 Å². The number of nitrogens with one attached hydrogen (secondary N) is 1. The zero-order chi connectivity index (χ0) is 61.6. The lowest BCUT2D eigenvalue weighted by Crippen LogP contribution is -2.55. The molecule has 0 saturated carbocycles. The maximum atomic E-state index is 11.3. The summed E-state index contributed by atoms with van der Waals surface area (Å²) in [6.07, 6.45) is 9.43.